The van der Waals surface area contributed by atoms with Crippen LogP contribution in [-0.4, -0.2) is 21.5 Å². The molecule has 0 aliphatic carbocycles. The molecular weight excluding hydrogens is 260 g/mol. The lowest BCUT2D eigenvalue weighted by Gasteiger charge is -2.09. The van der Waals surface area contributed by atoms with Crippen LogP contribution in [0, 0.1) is 6.92 Å². The summed E-state index contributed by atoms with van der Waals surface area (Å²) in [5, 5.41) is 4.37. The van der Waals surface area contributed by atoms with E-state index >= 15 is 0 Å². The molecule has 0 spiro atoms. The van der Waals surface area contributed by atoms with Crippen LogP contribution in [0.2, 0.25) is 0 Å². The normalized spacial score (nSPS) is 10.8. The number of fused-ring (bicyclic) bond motifs is 1. The molecule has 0 saturated carbocycles. The largest absolute Gasteiger partial charge is 0.354 e. The van der Waals surface area contributed by atoms with E-state index in [0.29, 0.717) is 5.95 Å². The molecule has 4 heteroatoms. The molecule has 3 aromatic rings. The van der Waals surface area contributed by atoms with Crippen molar-refractivity contribution in [3.05, 3.63) is 48.3 Å². The number of hydrogen-bond donors (Lipinski definition) is 1. The van der Waals surface area contributed by atoms with E-state index in [1.54, 1.807) is 0 Å². The summed E-state index contributed by atoms with van der Waals surface area (Å²) in [5.41, 5.74) is 3.96. The Morgan fingerprint density at radius 3 is 2.86 bits per heavy atom. The van der Waals surface area contributed by atoms with E-state index in [1.165, 1.54) is 0 Å². The van der Waals surface area contributed by atoms with Crippen LogP contribution in [0.1, 0.15) is 19.0 Å². The van der Waals surface area contributed by atoms with Crippen molar-refractivity contribution in [3.8, 4) is 11.3 Å². The van der Waals surface area contributed by atoms with E-state index in [-0.39, 0.29) is 0 Å². The summed E-state index contributed by atoms with van der Waals surface area (Å²) in [5.74, 6) is 0.688. The van der Waals surface area contributed by atoms with Crippen molar-refractivity contribution in [2.24, 2.45) is 0 Å². The van der Waals surface area contributed by atoms with Crippen molar-refractivity contribution in [1.29, 1.82) is 0 Å². The lowest BCUT2D eigenvalue weighted by Crippen LogP contribution is -2.05. The maximum atomic E-state index is 4.64. The Labute approximate surface area is 124 Å². The first-order valence-electron chi connectivity index (χ1n) is 7.21. The van der Waals surface area contributed by atoms with Gasteiger partial charge in [0.25, 0.3) is 0 Å². The molecule has 0 atom stereocenters. The van der Waals surface area contributed by atoms with E-state index in [1.807, 2.05) is 37.4 Å². The Bertz CT molecular complexity index is 762. The molecule has 0 radical (unpaired) electrons. The van der Waals surface area contributed by atoms with E-state index in [9.17, 15) is 0 Å². The number of pyridine rings is 1. The summed E-state index contributed by atoms with van der Waals surface area (Å²) in [6.45, 7) is 4.99. The summed E-state index contributed by atoms with van der Waals surface area (Å²) < 4.78 is 0. The van der Waals surface area contributed by atoms with Crippen LogP contribution in [0.15, 0.2) is 42.6 Å². The molecule has 0 aliphatic rings. The summed E-state index contributed by atoms with van der Waals surface area (Å²) >= 11 is 0. The second-order valence-electron chi connectivity index (χ2n) is 5.02. The van der Waals surface area contributed by atoms with Gasteiger partial charge >= 0.3 is 0 Å². The molecule has 2 aromatic heterocycles. The molecule has 0 aliphatic heterocycles. The number of rotatable bonds is 4. The fraction of sp³-hybridized carbons (Fsp3) is 0.235. The standard InChI is InChI=1S/C17H18N4/c1-3-9-19-17-20-12(2)11-16(21-17)14-6-4-8-15-13(14)7-5-10-18-15/h4-8,10-11H,3,9H2,1-2H3,(H,19,20,21). The van der Waals surface area contributed by atoms with Crippen LogP contribution in [0.3, 0.4) is 0 Å². The molecule has 1 N–H and O–H groups in total. The van der Waals surface area contributed by atoms with Gasteiger partial charge in [-0.3, -0.25) is 4.98 Å². The van der Waals surface area contributed by atoms with Gasteiger partial charge in [-0.25, -0.2) is 9.97 Å². The van der Waals surface area contributed by atoms with Crippen molar-refractivity contribution in [3.63, 3.8) is 0 Å². The molecule has 0 unspecified atom stereocenters. The topological polar surface area (TPSA) is 50.7 Å². The minimum Gasteiger partial charge on any atom is -0.354 e. The zero-order chi connectivity index (χ0) is 14.7. The van der Waals surface area contributed by atoms with Crippen molar-refractivity contribution < 1.29 is 0 Å². The second-order valence-corrected chi connectivity index (χ2v) is 5.02. The summed E-state index contributed by atoms with van der Waals surface area (Å²) in [7, 11) is 0. The fourth-order valence-corrected chi connectivity index (χ4v) is 2.35. The van der Waals surface area contributed by atoms with Gasteiger partial charge in [-0.15, -0.1) is 0 Å². The van der Waals surface area contributed by atoms with Gasteiger partial charge in [0, 0.05) is 29.4 Å². The summed E-state index contributed by atoms with van der Waals surface area (Å²) in [4.78, 5) is 13.5. The Kier molecular flexibility index (Phi) is 3.77. The molecular formula is C17H18N4. The van der Waals surface area contributed by atoms with Crippen molar-refractivity contribution in [2.75, 3.05) is 11.9 Å². The quantitative estimate of drug-likeness (QED) is 0.788. The molecule has 1 aromatic carbocycles. The molecule has 2 heterocycles. The predicted molar refractivity (Wildman–Crippen MR) is 86.3 cm³/mol. The van der Waals surface area contributed by atoms with Crippen LogP contribution in [0.4, 0.5) is 5.95 Å². The first-order valence-corrected chi connectivity index (χ1v) is 7.21. The van der Waals surface area contributed by atoms with Crippen LogP contribution in [0.25, 0.3) is 22.2 Å². The first kappa shape index (κ1) is 13.5. The van der Waals surface area contributed by atoms with Crippen LogP contribution in [0.5, 0.6) is 0 Å². The van der Waals surface area contributed by atoms with E-state index in [2.05, 4.69) is 39.3 Å². The van der Waals surface area contributed by atoms with Gasteiger partial charge < -0.3 is 5.32 Å². The maximum Gasteiger partial charge on any atom is 0.223 e. The predicted octanol–water partition coefficient (Wildman–Crippen LogP) is 3.82. The van der Waals surface area contributed by atoms with Crippen molar-refractivity contribution in [2.45, 2.75) is 20.3 Å². The molecule has 106 valence electrons. The van der Waals surface area contributed by atoms with Crippen LogP contribution in [-0.2, 0) is 0 Å². The molecule has 0 amide bonds. The van der Waals surface area contributed by atoms with Gasteiger partial charge in [0.2, 0.25) is 5.95 Å². The highest BCUT2D eigenvalue weighted by molar-refractivity contribution is 5.93. The van der Waals surface area contributed by atoms with E-state index in [0.717, 1.165) is 40.8 Å². The number of benzene rings is 1. The van der Waals surface area contributed by atoms with Crippen molar-refractivity contribution in [1.82, 2.24) is 15.0 Å². The Morgan fingerprint density at radius 1 is 1.10 bits per heavy atom. The average molecular weight is 278 g/mol. The number of aryl methyl sites for hydroxylation is 1. The minimum absolute atomic E-state index is 0.688. The Hall–Kier alpha value is -2.49. The summed E-state index contributed by atoms with van der Waals surface area (Å²) in [6, 6.07) is 12.2. The highest BCUT2D eigenvalue weighted by atomic mass is 15.1. The van der Waals surface area contributed by atoms with Crippen molar-refractivity contribution >= 4 is 16.9 Å². The van der Waals surface area contributed by atoms with Crippen LogP contribution < -0.4 is 5.32 Å². The minimum atomic E-state index is 0.688. The number of nitrogens with one attached hydrogen (secondary N) is 1. The second kappa shape index (κ2) is 5.87. The molecule has 0 saturated heterocycles. The average Bonchev–Trinajstić information content (AvgIpc) is 2.52. The third kappa shape index (κ3) is 2.84. The zero-order valence-electron chi connectivity index (χ0n) is 12.3. The molecule has 3 rings (SSSR count). The smallest absolute Gasteiger partial charge is 0.223 e. The molecule has 4 nitrogen and oxygen atoms in total. The van der Waals surface area contributed by atoms with Crippen LogP contribution >= 0.6 is 0 Å². The van der Waals surface area contributed by atoms with E-state index in [4.69, 9.17) is 0 Å². The monoisotopic (exact) mass is 278 g/mol. The van der Waals surface area contributed by atoms with Gasteiger partial charge in [-0.1, -0.05) is 25.1 Å². The highest BCUT2D eigenvalue weighted by Crippen LogP contribution is 2.27. The first-order chi connectivity index (χ1) is 10.3. The number of aromatic nitrogens is 3. The maximum absolute atomic E-state index is 4.64. The van der Waals surface area contributed by atoms with E-state index < -0.39 is 0 Å². The number of nitrogens with zero attached hydrogens (tertiary/aromatic N) is 3. The highest BCUT2D eigenvalue weighted by Gasteiger charge is 2.08. The van der Waals surface area contributed by atoms with Gasteiger partial charge in [0.1, 0.15) is 0 Å². The number of anilines is 1. The van der Waals surface area contributed by atoms with Gasteiger partial charge in [0.15, 0.2) is 0 Å². The van der Waals surface area contributed by atoms with Gasteiger partial charge in [-0.2, -0.15) is 0 Å². The lowest BCUT2D eigenvalue weighted by molar-refractivity contribution is 0.947. The Balaban J connectivity index is 2.12. The molecule has 0 bridgehead atoms. The molecule has 0 fully saturated rings. The third-order valence-corrected chi connectivity index (χ3v) is 3.31. The third-order valence-electron chi connectivity index (χ3n) is 3.31. The Morgan fingerprint density at radius 2 is 2.00 bits per heavy atom. The van der Waals surface area contributed by atoms with Gasteiger partial charge in [0.05, 0.1) is 11.2 Å². The fourth-order valence-electron chi connectivity index (χ4n) is 2.35. The SMILES string of the molecule is CCCNc1nc(C)cc(-c2cccc3ncccc23)n1. The number of hydrogen-bond acceptors (Lipinski definition) is 4. The van der Waals surface area contributed by atoms with Gasteiger partial charge in [-0.05, 0) is 31.5 Å². The molecule has 21 heavy (non-hydrogen) atoms. The lowest BCUT2D eigenvalue weighted by atomic mass is 10.0. The summed E-state index contributed by atoms with van der Waals surface area (Å²) in [6.07, 6.45) is 2.86. The zero-order valence-corrected chi connectivity index (χ0v) is 12.3.